The van der Waals surface area contributed by atoms with Gasteiger partial charge in [0, 0.05) is 17.4 Å². The molecule has 3 aromatic rings. The molecule has 0 unspecified atom stereocenters. The van der Waals surface area contributed by atoms with Crippen molar-refractivity contribution in [3.63, 3.8) is 0 Å². The smallest absolute Gasteiger partial charge is 0.322 e. The van der Waals surface area contributed by atoms with Gasteiger partial charge in [0.15, 0.2) is 0 Å². The third-order valence-corrected chi connectivity index (χ3v) is 6.35. The van der Waals surface area contributed by atoms with Crippen molar-refractivity contribution in [3.8, 4) is 0 Å². The van der Waals surface area contributed by atoms with E-state index in [4.69, 9.17) is 9.79 Å². The number of phosphoric ester groups is 1. The van der Waals surface area contributed by atoms with Gasteiger partial charge in [0.1, 0.15) is 19.2 Å². The number of hydrogen-bond acceptors (Lipinski definition) is 5. The number of carbonyl (C=O) groups is 1. The average molecular weight is 541 g/mol. The zero-order valence-corrected chi connectivity index (χ0v) is 20.3. The van der Waals surface area contributed by atoms with Crippen LogP contribution in [-0.2, 0) is 22.0 Å². The standard InChI is InChI=1S/C23H20F4N3O6P/c1-13-9-16(24)4-6-18(13)28-11-29(22(32)17-5-3-15(10-20(17)28)23(25,26)27)19-7-8-21(31)30(14(19)2)12-36-37(33,34)35/h3-10H,11-12H2,1-2H3,(H2,33,34,35). The lowest BCUT2D eigenvalue weighted by Crippen LogP contribution is -2.46. The van der Waals surface area contributed by atoms with Crippen molar-refractivity contribution in [2.24, 2.45) is 0 Å². The van der Waals surface area contributed by atoms with Crippen molar-refractivity contribution in [2.75, 3.05) is 16.5 Å². The minimum absolute atomic E-state index is 0.0402. The molecule has 0 atom stereocenters. The Labute approximate surface area is 207 Å². The maximum absolute atomic E-state index is 13.8. The number of pyridine rings is 1. The Bertz CT molecular complexity index is 1500. The topological polar surface area (TPSA) is 112 Å². The highest BCUT2D eigenvalue weighted by Crippen LogP contribution is 2.41. The minimum Gasteiger partial charge on any atom is -0.322 e. The lowest BCUT2D eigenvalue weighted by Gasteiger charge is -2.39. The monoisotopic (exact) mass is 541 g/mol. The second-order valence-electron chi connectivity index (χ2n) is 8.28. The first-order chi connectivity index (χ1) is 17.2. The molecule has 9 nitrogen and oxygen atoms in total. The molecule has 0 saturated carbocycles. The van der Waals surface area contributed by atoms with Crippen LogP contribution in [0.25, 0.3) is 0 Å². The molecule has 1 aliphatic heterocycles. The van der Waals surface area contributed by atoms with Crippen LogP contribution in [-0.4, -0.2) is 26.9 Å². The maximum atomic E-state index is 13.8. The normalized spacial score (nSPS) is 14.2. The second-order valence-corrected chi connectivity index (χ2v) is 9.52. The fraction of sp³-hybridized carbons (Fsp3) is 0.217. The third kappa shape index (κ3) is 5.30. The van der Waals surface area contributed by atoms with Gasteiger partial charge in [0.2, 0.25) is 0 Å². The number of fused-ring (bicyclic) bond motifs is 1. The van der Waals surface area contributed by atoms with E-state index in [0.29, 0.717) is 11.3 Å². The molecule has 1 amide bonds. The number of aromatic nitrogens is 1. The fourth-order valence-corrected chi connectivity index (χ4v) is 4.36. The molecule has 0 aliphatic carbocycles. The molecule has 0 spiro atoms. The molecule has 4 rings (SSSR count). The van der Waals surface area contributed by atoms with Gasteiger partial charge in [-0.25, -0.2) is 8.96 Å². The Hall–Kier alpha value is -3.51. The summed E-state index contributed by atoms with van der Waals surface area (Å²) in [7, 11) is -4.92. The Kier molecular flexibility index (Phi) is 6.76. The molecule has 2 heterocycles. The van der Waals surface area contributed by atoms with Crippen LogP contribution in [0.5, 0.6) is 0 Å². The zero-order valence-electron chi connectivity index (χ0n) is 19.4. The lowest BCUT2D eigenvalue weighted by atomic mass is 10.0. The number of rotatable bonds is 5. The molecule has 2 N–H and O–H groups in total. The van der Waals surface area contributed by atoms with Crippen molar-refractivity contribution in [3.05, 3.63) is 87.1 Å². The van der Waals surface area contributed by atoms with Gasteiger partial charge in [-0.05, 0) is 61.9 Å². The summed E-state index contributed by atoms with van der Waals surface area (Å²) >= 11 is 0. The Morgan fingerprint density at radius 3 is 2.24 bits per heavy atom. The van der Waals surface area contributed by atoms with Gasteiger partial charge in [-0.2, -0.15) is 13.2 Å². The molecule has 37 heavy (non-hydrogen) atoms. The van der Waals surface area contributed by atoms with Crippen molar-refractivity contribution in [1.82, 2.24) is 4.57 Å². The van der Waals surface area contributed by atoms with Crippen molar-refractivity contribution in [1.29, 1.82) is 0 Å². The summed E-state index contributed by atoms with van der Waals surface area (Å²) in [5.41, 5.74) is -0.760. The van der Waals surface area contributed by atoms with E-state index in [1.54, 1.807) is 6.92 Å². The first-order valence-corrected chi connectivity index (χ1v) is 12.2. The van der Waals surface area contributed by atoms with E-state index in [-0.39, 0.29) is 29.3 Å². The van der Waals surface area contributed by atoms with Gasteiger partial charge < -0.3 is 14.7 Å². The molecule has 0 saturated heterocycles. The molecular formula is C23H20F4N3O6P. The van der Waals surface area contributed by atoms with Crippen molar-refractivity contribution >= 4 is 30.8 Å². The number of anilines is 3. The quantitative estimate of drug-likeness (QED) is 0.363. The molecule has 14 heteroatoms. The second kappa shape index (κ2) is 9.42. The van der Waals surface area contributed by atoms with Gasteiger partial charge in [-0.1, -0.05) is 0 Å². The van der Waals surface area contributed by atoms with Gasteiger partial charge >= 0.3 is 14.0 Å². The first-order valence-electron chi connectivity index (χ1n) is 10.6. The number of phosphoric acid groups is 1. The van der Waals surface area contributed by atoms with E-state index in [1.165, 1.54) is 34.9 Å². The summed E-state index contributed by atoms with van der Waals surface area (Å²) in [4.78, 5) is 46.5. The van der Waals surface area contributed by atoms with Crippen molar-refractivity contribution in [2.45, 2.75) is 26.8 Å². The summed E-state index contributed by atoms with van der Waals surface area (Å²) in [5.74, 6) is -1.23. The maximum Gasteiger partial charge on any atom is 0.471 e. The molecule has 1 aliphatic rings. The van der Waals surface area contributed by atoms with Gasteiger partial charge in [-0.15, -0.1) is 0 Å². The van der Waals surface area contributed by atoms with Crippen LogP contribution in [0.15, 0.2) is 53.3 Å². The number of halogens is 4. The molecule has 0 radical (unpaired) electrons. The van der Waals surface area contributed by atoms with Crippen LogP contribution in [0, 0.1) is 19.7 Å². The van der Waals surface area contributed by atoms with E-state index >= 15 is 0 Å². The molecule has 0 fully saturated rings. The van der Waals surface area contributed by atoms with Crippen LogP contribution in [0.4, 0.5) is 34.6 Å². The highest BCUT2D eigenvalue weighted by molar-refractivity contribution is 7.46. The summed E-state index contributed by atoms with van der Waals surface area (Å²) in [6.07, 6.45) is -4.68. The van der Waals surface area contributed by atoms with E-state index in [9.17, 15) is 31.7 Å². The molecule has 196 valence electrons. The van der Waals surface area contributed by atoms with Crippen LogP contribution < -0.4 is 15.4 Å². The highest BCUT2D eigenvalue weighted by Gasteiger charge is 2.37. The summed E-state index contributed by atoms with van der Waals surface area (Å²) in [6.45, 7) is 1.87. The predicted octanol–water partition coefficient (Wildman–Crippen LogP) is 4.45. The molecule has 0 bridgehead atoms. The number of hydrogen-bond donors (Lipinski definition) is 2. The van der Waals surface area contributed by atoms with Crippen LogP contribution in [0.1, 0.15) is 27.2 Å². The van der Waals surface area contributed by atoms with Gasteiger partial charge in [0.25, 0.3) is 11.5 Å². The number of amides is 1. The Morgan fingerprint density at radius 2 is 1.62 bits per heavy atom. The number of carbonyl (C=O) groups excluding carboxylic acids is 1. The Morgan fingerprint density at radius 1 is 0.946 bits per heavy atom. The van der Waals surface area contributed by atoms with Gasteiger partial charge in [-0.3, -0.25) is 23.6 Å². The lowest BCUT2D eigenvalue weighted by molar-refractivity contribution is -0.137. The van der Waals surface area contributed by atoms with E-state index in [1.807, 2.05) is 0 Å². The highest BCUT2D eigenvalue weighted by atomic mass is 31.2. The zero-order chi connectivity index (χ0) is 27.3. The van der Waals surface area contributed by atoms with Gasteiger partial charge in [0.05, 0.1) is 22.5 Å². The number of aryl methyl sites for hydroxylation is 1. The molecular weight excluding hydrogens is 521 g/mol. The van der Waals surface area contributed by atoms with E-state index in [0.717, 1.165) is 34.9 Å². The minimum atomic E-state index is -4.92. The van der Waals surface area contributed by atoms with Crippen LogP contribution in [0.2, 0.25) is 0 Å². The Balaban J connectivity index is 1.87. The number of alkyl halides is 3. The van der Waals surface area contributed by atoms with E-state index < -0.39 is 43.6 Å². The van der Waals surface area contributed by atoms with E-state index in [2.05, 4.69) is 4.52 Å². The SMILES string of the molecule is Cc1cc(F)ccc1N1CN(c2ccc(=O)n(COP(=O)(O)O)c2C)C(=O)c2ccc(C(F)(F)F)cc21. The van der Waals surface area contributed by atoms with Crippen molar-refractivity contribution < 1.29 is 41.2 Å². The average Bonchev–Trinajstić information content (AvgIpc) is 2.79. The fourth-order valence-electron chi connectivity index (χ4n) is 4.10. The van der Waals surface area contributed by atoms with Crippen LogP contribution >= 0.6 is 7.82 Å². The summed E-state index contributed by atoms with van der Waals surface area (Å²) in [6, 6.07) is 8.76. The van der Waals surface area contributed by atoms with Crippen LogP contribution in [0.3, 0.4) is 0 Å². The first kappa shape index (κ1) is 26.6. The largest absolute Gasteiger partial charge is 0.471 e. The summed E-state index contributed by atoms with van der Waals surface area (Å²) < 4.78 is 70.7. The third-order valence-electron chi connectivity index (χ3n) is 5.90. The number of benzene rings is 2. The molecule has 2 aromatic carbocycles. The summed E-state index contributed by atoms with van der Waals surface area (Å²) in [5, 5.41) is 0. The predicted molar refractivity (Wildman–Crippen MR) is 125 cm³/mol. The molecule has 1 aromatic heterocycles. The number of nitrogens with zero attached hydrogens (tertiary/aromatic N) is 3.